The number of carbonyl (C=O) groups is 8. The molecule has 0 spiro atoms. The molecule has 0 aromatic heterocycles. The highest BCUT2D eigenvalue weighted by molar-refractivity contribution is 5.98. The second-order valence-electron chi connectivity index (χ2n) is 13.8. The molecule has 0 aliphatic carbocycles. The van der Waals surface area contributed by atoms with Crippen LogP contribution in [0.25, 0.3) is 0 Å². The summed E-state index contributed by atoms with van der Waals surface area (Å²) in [6, 6.07) is -4.74. The quantitative estimate of drug-likeness (QED) is 0.0557. The van der Waals surface area contributed by atoms with Crippen molar-refractivity contribution in [2.75, 3.05) is 7.11 Å². The Morgan fingerprint density at radius 1 is 0.673 bits per heavy atom. The van der Waals surface area contributed by atoms with Crippen LogP contribution >= 0.6 is 0 Å². The van der Waals surface area contributed by atoms with Crippen LogP contribution in [-0.2, 0) is 54.3 Å². The van der Waals surface area contributed by atoms with Crippen LogP contribution in [0.15, 0.2) is 24.3 Å². The number of amides is 6. The fraction of sp³-hybridized carbons (Fsp3) is 0.588. The molecule has 0 saturated heterocycles. The number of aliphatic hydroxyl groups excluding tert-OH is 3. The van der Waals surface area contributed by atoms with Crippen LogP contribution in [-0.4, -0.2) is 135 Å². The van der Waals surface area contributed by atoms with Crippen LogP contribution in [0.2, 0.25) is 0 Å². The van der Waals surface area contributed by atoms with E-state index < -0.39 is 120 Å². The van der Waals surface area contributed by atoms with E-state index in [4.69, 9.17) is 16.2 Å². The molecule has 1 rings (SSSR count). The summed E-state index contributed by atoms with van der Waals surface area (Å²) in [6.07, 6.45) is -6.41. The molecule has 21 heteroatoms. The summed E-state index contributed by atoms with van der Waals surface area (Å²) in [4.78, 5) is 103. The SMILES string of the molecule is COC(=O)[C@H](CC(=O)OC(C)(C)C)NC(=O)[C@@H](NC(=O)[C@H](Cc1ccc(O)cc1)NC(=O)[C@H](CC(N)=O)NC(=O)[C@@H](NC(=O)[C@@H](N)[C@@H](C)O)[C@@H](C)O)[C@@H](C)O. The van der Waals surface area contributed by atoms with Crippen LogP contribution in [0.5, 0.6) is 5.75 Å². The van der Waals surface area contributed by atoms with Gasteiger partial charge < -0.3 is 68.0 Å². The van der Waals surface area contributed by atoms with Crippen molar-refractivity contribution in [1.29, 1.82) is 0 Å². The van der Waals surface area contributed by atoms with Gasteiger partial charge in [0, 0.05) is 6.42 Å². The van der Waals surface area contributed by atoms with Crippen LogP contribution in [0.3, 0.4) is 0 Å². The minimum Gasteiger partial charge on any atom is -0.508 e. The Balaban J connectivity index is 3.42. The van der Waals surface area contributed by atoms with E-state index in [1.54, 1.807) is 20.8 Å². The van der Waals surface area contributed by atoms with E-state index in [-0.39, 0.29) is 12.2 Å². The Morgan fingerprint density at radius 2 is 1.13 bits per heavy atom. The minimum atomic E-state index is -1.81. The second kappa shape index (κ2) is 21.5. The number of hydrogen-bond donors (Lipinski definition) is 11. The van der Waals surface area contributed by atoms with Crippen LogP contribution in [0.4, 0.5) is 0 Å². The molecule has 0 bridgehead atoms. The molecular weight excluding hydrogens is 730 g/mol. The summed E-state index contributed by atoms with van der Waals surface area (Å²) in [6.45, 7) is 8.20. The smallest absolute Gasteiger partial charge is 0.328 e. The highest BCUT2D eigenvalue weighted by Gasteiger charge is 2.37. The number of nitrogens with two attached hydrogens (primary N) is 2. The van der Waals surface area contributed by atoms with Gasteiger partial charge in [0.05, 0.1) is 38.3 Å². The standard InChI is InChI=1S/C34H53N7O14/c1-15(42)25(36)30(50)41-27(17(3)44)31(51)38-21(13-23(35)46)28(48)37-20(12-18-8-10-19(45)11-9-18)29(49)40-26(16(2)43)32(52)39-22(33(53)54-7)14-24(47)55-34(4,5)6/h8-11,15-17,20-22,25-27,42-45H,12-14,36H2,1-7H3,(H2,35,46)(H,37,48)(H,38,51)(H,39,52)(H,40,49)(H,41,50)/t15-,16-,17-,20+,21+,22+,25+,26+,27+/m1/s1. The number of ether oxygens (including phenoxy) is 2. The fourth-order valence-electron chi connectivity index (χ4n) is 4.70. The summed E-state index contributed by atoms with van der Waals surface area (Å²) in [5, 5.41) is 51.2. The van der Waals surface area contributed by atoms with Gasteiger partial charge in [0.1, 0.15) is 47.6 Å². The lowest BCUT2D eigenvalue weighted by Crippen LogP contribution is -2.62. The number of primary amides is 1. The van der Waals surface area contributed by atoms with Crippen molar-refractivity contribution in [3.63, 3.8) is 0 Å². The Labute approximate surface area is 317 Å². The predicted octanol–water partition coefficient (Wildman–Crippen LogP) is -4.39. The van der Waals surface area contributed by atoms with Gasteiger partial charge in [-0.2, -0.15) is 0 Å². The highest BCUT2D eigenvalue weighted by Crippen LogP contribution is 2.13. The number of aromatic hydroxyl groups is 1. The lowest BCUT2D eigenvalue weighted by molar-refractivity contribution is -0.159. The number of hydrogen-bond acceptors (Lipinski definition) is 15. The number of esters is 2. The summed E-state index contributed by atoms with van der Waals surface area (Å²) >= 11 is 0. The van der Waals surface area contributed by atoms with Gasteiger partial charge in [-0.15, -0.1) is 0 Å². The Kier molecular flexibility index (Phi) is 18.6. The van der Waals surface area contributed by atoms with E-state index in [0.717, 1.165) is 21.0 Å². The van der Waals surface area contributed by atoms with Crippen LogP contribution in [0, 0.1) is 0 Å². The molecule has 1 aromatic carbocycles. The maximum Gasteiger partial charge on any atom is 0.328 e. The van der Waals surface area contributed by atoms with Gasteiger partial charge >= 0.3 is 11.9 Å². The molecule has 0 radical (unpaired) electrons. The highest BCUT2D eigenvalue weighted by atomic mass is 16.6. The number of rotatable bonds is 20. The van der Waals surface area contributed by atoms with Crippen molar-refractivity contribution in [3.05, 3.63) is 29.8 Å². The van der Waals surface area contributed by atoms with Gasteiger partial charge in [0.15, 0.2) is 0 Å². The van der Waals surface area contributed by atoms with Gasteiger partial charge in [-0.3, -0.25) is 33.6 Å². The lowest BCUT2D eigenvalue weighted by Gasteiger charge is -2.28. The first-order chi connectivity index (χ1) is 25.4. The predicted molar refractivity (Wildman–Crippen MR) is 191 cm³/mol. The van der Waals surface area contributed by atoms with Crippen LogP contribution < -0.4 is 38.1 Å². The third-order valence-electron chi connectivity index (χ3n) is 7.59. The fourth-order valence-corrected chi connectivity index (χ4v) is 4.70. The molecule has 0 unspecified atom stereocenters. The monoisotopic (exact) mass is 783 g/mol. The number of nitrogens with one attached hydrogen (secondary N) is 5. The largest absolute Gasteiger partial charge is 0.508 e. The Morgan fingerprint density at radius 3 is 1.56 bits per heavy atom. The number of methoxy groups -OCH3 is 1. The van der Waals surface area contributed by atoms with Crippen molar-refractivity contribution in [1.82, 2.24) is 26.6 Å². The zero-order valence-corrected chi connectivity index (χ0v) is 31.7. The van der Waals surface area contributed by atoms with Gasteiger partial charge in [-0.25, -0.2) is 4.79 Å². The Bertz CT molecular complexity index is 1530. The van der Waals surface area contributed by atoms with Crippen molar-refractivity contribution >= 4 is 47.4 Å². The first-order valence-electron chi connectivity index (χ1n) is 17.0. The molecule has 0 aliphatic heterocycles. The van der Waals surface area contributed by atoms with Crippen molar-refractivity contribution < 1.29 is 68.3 Å². The van der Waals surface area contributed by atoms with E-state index in [1.807, 2.05) is 0 Å². The van der Waals surface area contributed by atoms with E-state index in [9.17, 15) is 58.8 Å². The molecule has 55 heavy (non-hydrogen) atoms. The lowest BCUT2D eigenvalue weighted by atomic mass is 10.0. The second-order valence-corrected chi connectivity index (χ2v) is 13.8. The molecule has 21 nitrogen and oxygen atoms in total. The number of benzene rings is 1. The van der Waals surface area contributed by atoms with E-state index in [1.165, 1.54) is 31.2 Å². The molecule has 0 aliphatic rings. The molecule has 9 atom stereocenters. The molecule has 1 aromatic rings. The zero-order valence-electron chi connectivity index (χ0n) is 31.7. The molecule has 6 amide bonds. The van der Waals surface area contributed by atoms with Gasteiger partial charge in [0.25, 0.3) is 0 Å². The normalized spacial score (nSPS) is 16.2. The number of aliphatic hydroxyl groups is 3. The maximum absolute atomic E-state index is 13.8. The molecule has 0 saturated carbocycles. The van der Waals surface area contributed by atoms with Crippen molar-refractivity contribution in [2.24, 2.45) is 11.5 Å². The summed E-state index contributed by atoms with van der Waals surface area (Å²) in [7, 11) is 1.00. The van der Waals surface area contributed by atoms with Crippen molar-refractivity contribution in [3.8, 4) is 5.75 Å². The van der Waals surface area contributed by atoms with Gasteiger partial charge in [-0.1, -0.05) is 12.1 Å². The third-order valence-corrected chi connectivity index (χ3v) is 7.59. The third kappa shape index (κ3) is 16.7. The first kappa shape index (κ1) is 47.6. The van der Waals surface area contributed by atoms with Crippen LogP contribution in [0.1, 0.15) is 59.9 Å². The molecule has 0 heterocycles. The molecule has 308 valence electrons. The molecule has 0 fully saturated rings. The van der Waals surface area contributed by atoms with E-state index in [2.05, 4.69) is 31.3 Å². The summed E-state index contributed by atoms with van der Waals surface area (Å²) < 4.78 is 9.88. The number of phenolic OH excluding ortho intramolecular Hbond substituents is 1. The molecular formula is C34H53N7O14. The summed E-state index contributed by atoms with van der Waals surface area (Å²) in [5.41, 5.74) is 10.3. The first-order valence-corrected chi connectivity index (χ1v) is 17.0. The Hall–Kier alpha value is -5.38. The van der Waals surface area contributed by atoms with E-state index >= 15 is 0 Å². The average Bonchev–Trinajstić information content (AvgIpc) is 3.06. The van der Waals surface area contributed by atoms with Crippen molar-refractivity contribution in [2.45, 2.75) is 121 Å². The topological polar surface area (TPSA) is 348 Å². The van der Waals surface area contributed by atoms with Gasteiger partial charge in [0.2, 0.25) is 35.4 Å². The summed E-state index contributed by atoms with van der Waals surface area (Å²) in [5.74, 6) is -8.78. The van der Waals surface area contributed by atoms with E-state index in [0.29, 0.717) is 5.56 Å². The zero-order chi connectivity index (χ0) is 42.4. The maximum atomic E-state index is 13.8. The number of carbonyl (C=O) groups excluding carboxylic acids is 8. The molecule has 13 N–H and O–H groups in total. The average molecular weight is 784 g/mol. The minimum absolute atomic E-state index is 0.135. The van der Waals surface area contributed by atoms with Gasteiger partial charge in [-0.05, 0) is 59.2 Å². The number of phenols is 1.